The summed E-state index contributed by atoms with van der Waals surface area (Å²) in [5.41, 5.74) is 4.68. The van der Waals surface area contributed by atoms with Crippen molar-refractivity contribution in [3.8, 4) is 0 Å². The number of aryl methyl sites for hydroxylation is 3. The van der Waals surface area contributed by atoms with Gasteiger partial charge in [-0.2, -0.15) is 0 Å². The van der Waals surface area contributed by atoms with E-state index in [4.69, 9.17) is 0 Å². The molecule has 2 aromatic rings. The second kappa shape index (κ2) is 8.78. The van der Waals surface area contributed by atoms with Crippen molar-refractivity contribution >= 4 is 21.6 Å². The van der Waals surface area contributed by atoms with Crippen molar-refractivity contribution in [3.63, 3.8) is 0 Å². The number of carbonyl (C=O) groups is 1. The Balaban J connectivity index is 2.35. The van der Waals surface area contributed by atoms with Crippen LogP contribution in [0.5, 0.6) is 0 Å². The van der Waals surface area contributed by atoms with Crippen LogP contribution in [0.1, 0.15) is 48.6 Å². The summed E-state index contributed by atoms with van der Waals surface area (Å²) in [7, 11) is -3.63. The van der Waals surface area contributed by atoms with Crippen LogP contribution < -0.4 is 9.62 Å². The van der Waals surface area contributed by atoms with Gasteiger partial charge in [-0.05, 0) is 62.9 Å². The van der Waals surface area contributed by atoms with Crippen LogP contribution in [-0.4, -0.2) is 26.6 Å². The summed E-state index contributed by atoms with van der Waals surface area (Å²) in [4.78, 5) is 13.1. The molecule has 1 amide bonds. The zero-order valence-electron chi connectivity index (χ0n) is 17.5. The fraction of sp³-hybridized carbons (Fsp3) is 0.409. The zero-order chi connectivity index (χ0) is 21.1. The van der Waals surface area contributed by atoms with E-state index < -0.39 is 16.1 Å². The first-order valence-electron chi connectivity index (χ1n) is 9.48. The number of amides is 1. The minimum Gasteiger partial charge on any atom is -0.348 e. The Morgan fingerprint density at radius 3 is 2.29 bits per heavy atom. The maximum atomic E-state index is 13.1. The molecular formula is C22H30N2O3S. The van der Waals surface area contributed by atoms with Crippen LogP contribution in [0.25, 0.3) is 0 Å². The minimum atomic E-state index is -3.63. The van der Waals surface area contributed by atoms with Gasteiger partial charge in [-0.1, -0.05) is 42.8 Å². The zero-order valence-corrected chi connectivity index (χ0v) is 18.3. The summed E-state index contributed by atoms with van der Waals surface area (Å²) in [6, 6.07) is 12.3. The highest BCUT2D eigenvalue weighted by molar-refractivity contribution is 7.92. The molecule has 2 unspecified atom stereocenters. The fourth-order valence-electron chi connectivity index (χ4n) is 3.44. The second-order valence-electron chi connectivity index (χ2n) is 7.41. The van der Waals surface area contributed by atoms with Gasteiger partial charge in [0, 0.05) is 0 Å². The molecule has 0 aromatic heterocycles. The maximum Gasteiger partial charge on any atom is 0.244 e. The normalized spacial score (nSPS) is 13.6. The van der Waals surface area contributed by atoms with E-state index in [-0.39, 0.29) is 11.9 Å². The molecule has 2 rings (SSSR count). The molecule has 0 bridgehead atoms. The molecule has 0 saturated carbocycles. The highest BCUT2D eigenvalue weighted by atomic mass is 32.2. The van der Waals surface area contributed by atoms with Crippen LogP contribution in [0.2, 0.25) is 0 Å². The van der Waals surface area contributed by atoms with Gasteiger partial charge in [0.05, 0.1) is 18.0 Å². The number of anilines is 1. The quantitative estimate of drug-likeness (QED) is 0.760. The first kappa shape index (κ1) is 22.0. The van der Waals surface area contributed by atoms with E-state index in [1.54, 1.807) is 18.2 Å². The Kier molecular flexibility index (Phi) is 6.88. The van der Waals surface area contributed by atoms with Gasteiger partial charge >= 0.3 is 0 Å². The molecule has 0 fully saturated rings. The van der Waals surface area contributed by atoms with Crippen molar-refractivity contribution in [3.05, 3.63) is 64.7 Å². The third kappa shape index (κ3) is 5.13. The van der Waals surface area contributed by atoms with Crippen LogP contribution >= 0.6 is 0 Å². The lowest BCUT2D eigenvalue weighted by atomic mass is 9.99. The summed E-state index contributed by atoms with van der Waals surface area (Å²) in [6.07, 6.45) is 1.51. The highest BCUT2D eigenvalue weighted by Gasteiger charge is 2.32. The van der Waals surface area contributed by atoms with E-state index >= 15 is 0 Å². The Bertz CT molecular complexity index is 954. The molecule has 5 nitrogen and oxygen atoms in total. The van der Waals surface area contributed by atoms with E-state index in [0.29, 0.717) is 12.1 Å². The van der Waals surface area contributed by atoms with E-state index in [9.17, 15) is 13.2 Å². The lowest BCUT2D eigenvalue weighted by molar-refractivity contribution is -0.122. The Hall–Kier alpha value is -2.34. The molecule has 0 heterocycles. The van der Waals surface area contributed by atoms with Gasteiger partial charge in [0.1, 0.15) is 6.04 Å². The van der Waals surface area contributed by atoms with Crippen LogP contribution in [0.15, 0.2) is 42.5 Å². The lowest BCUT2D eigenvalue weighted by Crippen LogP contribution is -2.49. The summed E-state index contributed by atoms with van der Waals surface area (Å²) in [6.45, 7) is 9.65. The molecule has 28 heavy (non-hydrogen) atoms. The van der Waals surface area contributed by atoms with Crippen LogP contribution in [0.3, 0.4) is 0 Å². The van der Waals surface area contributed by atoms with Crippen molar-refractivity contribution in [2.45, 2.75) is 53.1 Å². The van der Waals surface area contributed by atoms with Gasteiger partial charge in [0.25, 0.3) is 0 Å². The second-order valence-corrected chi connectivity index (χ2v) is 9.27. The topological polar surface area (TPSA) is 66.5 Å². The van der Waals surface area contributed by atoms with Crippen molar-refractivity contribution < 1.29 is 13.2 Å². The van der Waals surface area contributed by atoms with Crippen molar-refractivity contribution in [2.75, 3.05) is 10.6 Å². The molecule has 0 saturated heterocycles. The number of sulfonamides is 1. The Labute approximate surface area is 168 Å². The number of rotatable bonds is 7. The maximum absolute atomic E-state index is 13.1. The van der Waals surface area contributed by atoms with Gasteiger partial charge in [-0.25, -0.2) is 8.42 Å². The first-order valence-corrected chi connectivity index (χ1v) is 11.3. The van der Waals surface area contributed by atoms with Crippen LogP contribution in [0.4, 0.5) is 5.69 Å². The average molecular weight is 403 g/mol. The first-order chi connectivity index (χ1) is 13.0. The molecule has 2 atom stereocenters. The standard InChI is InChI=1S/C22H30N2O3S/c1-7-21(24(28(6,26)27)19-10-8-9-15(2)13-19)22(25)23-18(5)20-14-16(3)11-12-17(20)4/h8-14,18,21H,7H2,1-6H3,(H,23,25). The average Bonchev–Trinajstić information content (AvgIpc) is 2.60. The molecule has 0 aliphatic carbocycles. The van der Waals surface area contributed by atoms with Gasteiger partial charge in [-0.15, -0.1) is 0 Å². The van der Waals surface area contributed by atoms with Crippen molar-refractivity contribution in [2.24, 2.45) is 0 Å². The molecule has 1 N–H and O–H groups in total. The fourth-order valence-corrected chi connectivity index (χ4v) is 4.64. The predicted octanol–water partition coefficient (Wildman–Crippen LogP) is 4.03. The number of carbonyl (C=O) groups excluding carboxylic acids is 1. The third-order valence-electron chi connectivity index (χ3n) is 4.85. The predicted molar refractivity (Wildman–Crippen MR) is 115 cm³/mol. The van der Waals surface area contributed by atoms with E-state index in [2.05, 4.69) is 11.4 Å². The van der Waals surface area contributed by atoms with Crippen LogP contribution in [0, 0.1) is 20.8 Å². The molecule has 0 aliphatic rings. The van der Waals surface area contributed by atoms with Gasteiger partial charge in [0.15, 0.2) is 0 Å². The van der Waals surface area contributed by atoms with Crippen LogP contribution in [-0.2, 0) is 14.8 Å². The summed E-state index contributed by atoms with van der Waals surface area (Å²) < 4.78 is 26.3. The smallest absolute Gasteiger partial charge is 0.244 e. The van der Waals surface area contributed by atoms with Gasteiger partial charge < -0.3 is 5.32 Å². The number of nitrogens with zero attached hydrogens (tertiary/aromatic N) is 1. The Morgan fingerprint density at radius 2 is 1.71 bits per heavy atom. The van der Waals surface area contributed by atoms with E-state index in [1.165, 1.54) is 4.31 Å². The van der Waals surface area contributed by atoms with Crippen molar-refractivity contribution in [1.82, 2.24) is 5.32 Å². The molecule has 6 heteroatoms. The molecule has 2 aromatic carbocycles. The Morgan fingerprint density at radius 1 is 1.07 bits per heavy atom. The summed E-state index contributed by atoms with van der Waals surface area (Å²) in [5.74, 6) is -0.303. The van der Waals surface area contributed by atoms with Gasteiger partial charge in [-0.3, -0.25) is 9.10 Å². The lowest BCUT2D eigenvalue weighted by Gasteiger charge is -2.31. The number of nitrogens with one attached hydrogen (secondary N) is 1. The molecule has 152 valence electrons. The molecular weight excluding hydrogens is 372 g/mol. The molecule has 0 spiro atoms. The number of hydrogen-bond donors (Lipinski definition) is 1. The number of benzene rings is 2. The van der Waals surface area contributed by atoms with Crippen molar-refractivity contribution in [1.29, 1.82) is 0 Å². The molecule has 0 aliphatic heterocycles. The number of hydrogen-bond acceptors (Lipinski definition) is 3. The summed E-state index contributed by atoms with van der Waals surface area (Å²) >= 11 is 0. The minimum absolute atomic E-state index is 0.222. The summed E-state index contributed by atoms with van der Waals surface area (Å²) in [5, 5.41) is 3.01. The third-order valence-corrected chi connectivity index (χ3v) is 6.03. The monoisotopic (exact) mass is 402 g/mol. The van der Waals surface area contributed by atoms with E-state index in [0.717, 1.165) is 28.5 Å². The largest absolute Gasteiger partial charge is 0.348 e. The SMILES string of the molecule is CCC(C(=O)NC(C)c1cc(C)ccc1C)N(c1cccc(C)c1)S(C)(=O)=O. The van der Waals surface area contributed by atoms with E-state index in [1.807, 2.05) is 52.8 Å². The molecule has 0 radical (unpaired) electrons. The highest BCUT2D eigenvalue weighted by Crippen LogP contribution is 2.25. The van der Waals surface area contributed by atoms with Gasteiger partial charge in [0.2, 0.25) is 15.9 Å².